The quantitative estimate of drug-likeness (QED) is 0.284. The average Bonchev–Trinajstić information content (AvgIpc) is 2.45. The molecule has 7 nitrogen and oxygen atoms in total. The van der Waals surface area contributed by atoms with Gasteiger partial charge in [-0.05, 0) is 12.3 Å². The number of ether oxygens (including phenoxy) is 2. The summed E-state index contributed by atoms with van der Waals surface area (Å²) in [6.07, 6.45) is 1.06. The van der Waals surface area contributed by atoms with Gasteiger partial charge in [0.1, 0.15) is 0 Å². The van der Waals surface area contributed by atoms with E-state index in [4.69, 9.17) is 9.47 Å². The van der Waals surface area contributed by atoms with Crippen molar-refractivity contribution in [2.24, 2.45) is 10.9 Å². The smallest absolute Gasteiger partial charge is 0.239 e. The summed E-state index contributed by atoms with van der Waals surface area (Å²) >= 11 is 0. The molecule has 124 valence electrons. The lowest BCUT2D eigenvalue weighted by molar-refractivity contribution is -0.120. The van der Waals surface area contributed by atoms with Crippen molar-refractivity contribution in [3.8, 4) is 0 Å². The highest BCUT2D eigenvalue weighted by atomic mass is 16.5. The molecule has 21 heavy (non-hydrogen) atoms. The number of hydrogen-bond donors (Lipinski definition) is 3. The van der Waals surface area contributed by atoms with E-state index in [9.17, 15) is 4.79 Å². The van der Waals surface area contributed by atoms with Gasteiger partial charge >= 0.3 is 0 Å². The Bertz CT molecular complexity index is 296. The lowest BCUT2D eigenvalue weighted by Gasteiger charge is -2.12. The summed E-state index contributed by atoms with van der Waals surface area (Å²) in [5.41, 5.74) is 0. The molecule has 7 heteroatoms. The minimum atomic E-state index is -0.0943. The van der Waals surface area contributed by atoms with Crippen LogP contribution in [-0.2, 0) is 14.3 Å². The van der Waals surface area contributed by atoms with Gasteiger partial charge < -0.3 is 25.4 Å². The van der Waals surface area contributed by atoms with Gasteiger partial charge in [-0.3, -0.25) is 9.79 Å². The molecule has 0 bridgehead atoms. The van der Waals surface area contributed by atoms with Gasteiger partial charge in [0.2, 0.25) is 5.91 Å². The first kappa shape index (κ1) is 19.7. The highest BCUT2D eigenvalue weighted by Gasteiger charge is 2.02. The van der Waals surface area contributed by atoms with Crippen molar-refractivity contribution >= 4 is 11.9 Å². The van der Waals surface area contributed by atoms with Gasteiger partial charge in [-0.2, -0.15) is 0 Å². The summed E-state index contributed by atoms with van der Waals surface area (Å²) in [4.78, 5) is 15.5. The van der Waals surface area contributed by atoms with Crippen LogP contribution < -0.4 is 16.0 Å². The van der Waals surface area contributed by atoms with E-state index < -0.39 is 0 Å². The highest BCUT2D eigenvalue weighted by Crippen LogP contribution is 1.98. The summed E-state index contributed by atoms with van der Waals surface area (Å²) in [7, 11) is 3.26. The maximum Gasteiger partial charge on any atom is 0.239 e. The zero-order chi connectivity index (χ0) is 15.9. The Morgan fingerprint density at radius 2 is 1.81 bits per heavy atom. The van der Waals surface area contributed by atoms with Crippen LogP contribution in [0.25, 0.3) is 0 Å². The van der Waals surface area contributed by atoms with Crippen molar-refractivity contribution in [2.75, 3.05) is 53.6 Å². The molecule has 0 heterocycles. The van der Waals surface area contributed by atoms with Crippen molar-refractivity contribution in [3.05, 3.63) is 0 Å². The number of carbonyl (C=O) groups is 1. The van der Waals surface area contributed by atoms with Crippen LogP contribution in [0, 0.1) is 5.92 Å². The normalized spacial score (nSPS) is 11.6. The topological polar surface area (TPSA) is 84.0 Å². The summed E-state index contributed by atoms with van der Waals surface area (Å²) in [6, 6.07) is 0. The number of guanidine groups is 1. The van der Waals surface area contributed by atoms with Crippen molar-refractivity contribution in [1.82, 2.24) is 16.0 Å². The molecule has 0 aliphatic rings. The van der Waals surface area contributed by atoms with Gasteiger partial charge in [0.25, 0.3) is 0 Å². The minimum absolute atomic E-state index is 0.0943. The van der Waals surface area contributed by atoms with Crippen LogP contribution >= 0.6 is 0 Å². The van der Waals surface area contributed by atoms with E-state index in [0.29, 0.717) is 38.2 Å². The molecule has 0 atom stereocenters. The number of rotatable bonds is 11. The third-order valence-corrected chi connectivity index (χ3v) is 2.65. The number of carbonyl (C=O) groups excluding carboxylic acids is 1. The van der Waals surface area contributed by atoms with Crippen LogP contribution in [-0.4, -0.2) is 65.5 Å². The van der Waals surface area contributed by atoms with Crippen LogP contribution in [0.4, 0.5) is 0 Å². The summed E-state index contributed by atoms with van der Waals surface area (Å²) in [6.45, 7) is 7.58. The number of hydrogen-bond acceptors (Lipinski definition) is 4. The van der Waals surface area contributed by atoms with Crippen LogP contribution in [0.15, 0.2) is 4.99 Å². The molecule has 0 radical (unpaired) electrons. The first-order valence-electron chi connectivity index (χ1n) is 7.38. The molecule has 0 aromatic carbocycles. The third kappa shape index (κ3) is 13.4. The Balaban J connectivity index is 3.60. The second-order valence-corrected chi connectivity index (χ2v) is 4.99. The van der Waals surface area contributed by atoms with E-state index in [2.05, 4.69) is 34.8 Å². The second kappa shape index (κ2) is 13.6. The number of methoxy groups -OCH3 is 1. The average molecular weight is 302 g/mol. The van der Waals surface area contributed by atoms with E-state index >= 15 is 0 Å². The Hall–Kier alpha value is -1.34. The molecular weight excluding hydrogens is 272 g/mol. The fourth-order valence-corrected chi connectivity index (χ4v) is 1.40. The molecular formula is C14H30N4O3. The SMILES string of the molecule is CN=C(NCCOCCC(C)C)NCC(=O)NCCOC. The Kier molecular flexibility index (Phi) is 12.8. The summed E-state index contributed by atoms with van der Waals surface area (Å²) < 4.78 is 10.3. The van der Waals surface area contributed by atoms with Crippen molar-refractivity contribution in [2.45, 2.75) is 20.3 Å². The van der Waals surface area contributed by atoms with Crippen molar-refractivity contribution in [1.29, 1.82) is 0 Å². The van der Waals surface area contributed by atoms with Crippen molar-refractivity contribution < 1.29 is 14.3 Å². The van der Waals surface area contributed by atoms with Crippen LogP contribution in [0.3, 0.4) is 0 Å². The maximum absolute atomic E-state index is 11.5. The Labute approximate surface area is 127 Å². The van der Waals surface area contributed by atoms with Crippen LogP contribution in [0.2, 0.25) is 0 Å². The number of nitrogens with one attached hydrogen (secondary N) is 3. The molecule has 0 saturated carbocycles. The molecule has 3 N–H and O–H groups in total. The van der Waals surface area contributed by atoms with Gasteiger partial charge in [0, 0.05) is 33.9 Å². The fourth-order valence-electron chi connectivity index (χ4n) is 1.40. The minimum Gasteiger partial charge on any atom is -0.383 e. The first-order valence-corrected chi connectivity index (χ1v) is 7.38. The van der Waals surface area contributed by atoms with Crippen molar-refractivity contribution in [3.63, 3.8) is 0 Å². The van der Waals surface area contributed by atoms with Gasteiger partial charge in [-0.25, -0.2) is 0 Å². The van der Waals surface area contributed by atoms with E-state index in [1.807, 2.05) is 0 Å². The van der Waals surface area contributed by atoms with Crippen LogP contribution in [0.1, 0.15) is 20.3 Å². The zero-order valence-electron chi connectivity index (χ0n) is 13.7. The van der Waals surface area contributed by atoms with Crippen LogP contribution in [0.5, 0.6) is 0 Å². The Morgan fingerprint density at radius 3 is 2.43 bits per heavy atom. The molecule has 1 amide bonds. The molecule has 0 aromatic heterocycles. The number of nitrogens with zero attached hydrogens (tertiary/aromatic N) is 1. The highest BCUT2D eigenvalue weighted by molar-refractivity contribution is 5.86. The molecule has 0 aromatic rings. The first-order chi connectivity index (χ1) is 10.1. The van der Waals surface area contributed by atoms with E-state index in [0.717, 1.165) is 13.0 Å². The van der Waals surface area contributed by atoms with Gasteiger partial charge in [0.15, 0.2) is 5.96 Å². The molecule has 0 unspecified atom stereocenters. The molecule has 0 spiro atoms. The van der Waals surface area contributed by atoms with Gasteiger partial charge in [0.05, 0.1) is 19.8 Å². The summed E-state index contributed by atoms with van der Waals surface area (Å²) in [5.74, 6) is 1.15. The monoisotopic (exact) mass is 302 g/mol. The molecule has 0 rings (SSSR count). The predicted octanol–water partition coefficient (Wildman–Crippen LogP) is -0.0233. The Morgan fingerprint density at radius 1 is 1.10 bits per heavy atom. The largest absolute Gasteiger partial charge is 0.383 e. The third-order valence-electron chi connectivity index (χ3n) is 2.65. The molecule has 0 aliphatic carbocycles. The van der Waals surface area contributed by atoms with E-state index in [-0.39, 0.29) is 12.5 Å². The van der Waals surface area contributed by atoms with E-state index in [1.54, 1.807) is 14.2 Å². The summed E-state index contributed by atoms with van der Waals surface area (Å²) in [5, 5.41) is 8.75. The second-order valence-electron chi connectivity index (χ2n) is 4.99. The standard InChI is InChI=1S/C14H30N4O3/c1-12(2)5-8-21-10-7-17-14(15-3)18-11-13(19)16-6-9-20-4/h12H,5-11H2,1-4H3,(H,16,19)(H2,15,17,18). The number of aliphatic imine (C=N–C) groups is 1. The number of amides is 1. The molecule has 0 aliphatic heterocycles. The predicted molar refractivity (Wildman–Crippen MR) is 84.5 cm³/mol. The molecule has 0 saturated heterocycles. The van der Waals surface area contributed by atoms with E-state index in [1.165, 1.54) is 0 Å². The lowest BCUT2D eigenvalue weighted by Crippen LogP contribution is -2.44. The fraction of sp³-hybridized carbons (Fsp3) is 0.857. The maximum atomic E-state index is 11.5. The van der Waals surface area contributed by atoms with Gasteiger partial charge in [-0.15, -0.1) is 0 Å². The molecule has 0 fully saturated rings. The lowest BCUT2D eigenvalue weighted by atomic mass is 10.1. The zero-order valence-corrected chi connectivity index (χ0v) is 13.7. The van der Waals surface area contributed by atoms with Gasteiger partial charge in [-0.1, -0.05) is 13.8 Å².